The molecule has 5 heteroatoms. The smallest absolute Gasteiger partial charge is 0.239 e. The summed E-state index contributed by atoms with van der Waals surface area (Å²) in [5.41, 5.74) is 0.518. The Hall–Kier alpha value is -0.740. The van der Waals surface area contributed by atoms with Gasteiger partial charge in [0.2, 0.25) is 5.91 Å². The Balaban J connectivity index is 2.56. The van der Waals surface area contributed by atoms with Crippen molar-refractivity contribution in [3.63, 3.8) is 0 Å². The molecule has 1 amide bonds. The first kappa shape index (κ1) is 14.3. The maximum absolute atomic E-state index is 11.6. The van der Waals surface area contributed by atoms with Gasteiger partial charge in [0, 0.05) is 10.0 Å². The van der Waals surface area contributed by atoms with Crippen LogP contribution in [0, 0.1) is 0 Å². The fourth-order valence-corrected chi connectivity index (χ4v) is 1.82. The van der Waals surface area contributed by atoms with E-state index in [0.29, 0.717) is 5.02 Å². The first-order chi connectivity index (χ1) is 7.78. The summed E-state index contributed by atoms with van der Waals surface area (Å²) in [5.74, 6) is -0.0615. The summed E-state index contributed by atoms with van der Waals surface area (Å²) in [4.78, 5) is 11.6. The summed E-state index contributed by atoms with van der Waals surface area (Å²) >= 11 is 9.35. The van der Waals surface area contributed by atoms with Gasteiger partial charge in [0.25, 0.3) is 0 Å². The lowest BCUT2D eigenvalue weighted by molar-refractivity contribution is -0.120. The van der Waals surface area contributed by atoms with Crippen molar-refractivity contribution >= 4 is 39.1 Å². The second-order valence-electron chi connectivity index (χ2n) is 4.78. The van der Waals surface area contributed by atoms with Crippen molar-refractivity contribution < 1.29 is 4.79 Å². The van der Waals surface area contributed by atoms with Gasteiger partial charge in [0.15, 0.2) is 0 Å². The summed E-state index contributed by atoms with van der Waals surface area (Å²) in [5, 5.41) is 6.46. The van der Waals surface area contributed by atoms with Crippen LogP contribution in [0.2, 0.25) is 5.02 Å². The molecule has 0 bridgehead atoms. The lowest BCUT2D eigenvalue weighted by Crippen LogP contribution is -2.43. The average molecular weight is 320 g/mol. The number of hydrogen-bond acceptors (Lipinski definition) is 2. The molecule has 2 N–H and O–H groups in total. The van der Waals surface area contributed by atoms with Crippen molar-refractivity contribution in [2.75, 3.05) is 11.9 Å². The topological polar surface area (TPSA) is 41.1 Å². The average Bonchev–Trinajstić information content (AvgIpc) is 2.17. The van der Waals surface area contributed by atoms with Gasteiger partial charge in [-0.2, -0.15) is 0 Å². The highest BCUT2D eigenvalue weighted by atomic mass is 79.9. The predicted octanol–water partition coefficient (Wildman–Crippen LogP) is 3.43. The van der Waals surface area contributed by atoms with E-state index in [1.165, 1.54) is 0 Å². The van der Waals surface area contributed by atoms with Crippen molar-refractivity contribution in [2.45, 2.75) is 26.3 Å². The molecule has 0 aliphatic rings. The Bertz CT molecular complexity index is 415. The summed E-state index contributed by atoms with van der Waals surface area (Å²) in [6.45, 7) is 6.03. The molecule has 0 saturated carbocycles. The number of halogens is 2. The van der Waals surface area contributed by atoms with Gasteiger partial charge in [-0.25, -0.2) is 0 Å². The Morgan fingerprint density at radius 2 is 2.06 bits per heavy atom. The van der Waals surface area contributed by atoms with Gasteiger partial charge >= 0.3 is 0 Å². The van der Waals surface area contributed by atoms with Crippen molar-refractivity contribution in [3.05, 3.63) is 27.7 Å². The van der Waals surface area contributed by atoms with Crippen molar-refractivity contribution in [2.24, 2.45) is 0 Å². The quantitative estimate of drug-likeness (QED) is 0.896. The van der Waals surface area contributed by atoms with Crippen LogP contribution in [0.5, 0.6) is 0 Å². The van der Waals surface area contributed by atoms with Gasteiger partial charge in [-0.05, 0) is 39.0 Å². The highest BCUT2D eigenvalue weighted by Crippen LogP contribution is 2.25. The number of carbonyl (C=O) groups is 1. The van der Waals surface area contributed by atoms with Gasteiger partial charge in [0.1, 0.15) is 0 Å². The highest BCUT2D eigenvalue weighted by Gasteiger charge is 2.13. The van der Waals surface area contributed by atoms with Crippen LogP contribution in [0.3, 0.4) is 0 Å². The van der Waals surface area contributed by atoms with Crippen molar-refractivity contribution in [3.8, 4) is 0 Å². The first-order valence-electron chi connectivity index (χ1n) is 5.28. The fourth-order valence-electron chi connectivity index (χ4n) is 1.27. The Labute approximate surface area is 115 Å². The van der Waals surface area contributed by atoms with E-state index in [1.54, 1.807) is 6.07 Å². The zero-order valence-electron chi connectivity index (χ0n) is 10.1. The molecule has 0 aromatic heterocycles. The van der Waals surface area contributed by atoms with Crippen LogP contribution in [0.1, 0.15) is 20.8 Å². The molecule has 0 radical (unpaired) electrons. The lowest BCUT2D eigenvalue weighted by atomic mass is 10.1. The van der Waals surface area contributed by atoms with Gasteiger partial charge in [-0.15, -0.1) is 0 Å². The first-order valence-corrected chi connectivity index (χ1v) is 6.45. The number of anilines is 1. The van der Waals surface area contributed by atoms with E-state index in [-0.39, 0.29) is 18.0 Å². The van der Waals surface area contributed by atoms with Gasteiger partial charge in [-0.1, -0.05) is 27.5 Å². The number of amides is 1. The fraction of sp³-hybridized carbons (Fsp3) is 0.417. The second-order valence-corrected chi connectivity index (χ2v) is 6.10. The molecule has 3 nitrogen and oxygen atoms in total. The van der Waals surface area contributed by atoms with E-state index in [1.807, 2.05) is 32.9 Å². The van der Waals surface area contributed by atoms with Gasteiger partial charge < -0.3 is 10.6 Å². The third-order valence-corrected chi connectivity index (χ3v) is 2.71. The minimum atomic E-state index is -0.222. The van der Waals surface area contributed by atoms with E-state index >= 15 is 0 Å². The third kappa shape index (κ3) is 5.41. The monoisotopic (exact) mass is 318 g/mol. The Morgan fingerprint density at radius 3 is 2.65 bits per heavy atom. The molecule has 94 valence electrons. The van der Waals surface area contributed by atoms with Crippen LogP contribution in [0.4, 0.5) is 5.69 Å². The second kappa shape index (κ2) is 5.74. The van der Waals surface area contributed by atoms with Crippen molar-refractivity contribution in [1.29, 1.82) is 0 Å². The molecule has 0 aliphatic carbocycles. The Morgan fingerprint density at radius 1 is 1.41 bits per heavy atom. The zero-order chi connectivity index (χ0) is 13.1. The maximum Gasteiger partial charge on any atom is 0.239 e. The summed E-state index contributed by atoms with van der Waals surface area (Å²) in [6.07, 6.45) is 0. The molecule has 17 heavy (non-hydrogen) atoms. The normalized spacial score (nSPS) is 11.1. The SMILES string of the molecule is CC(C)(C)NC(=O)CNc1cc(Br)ccc1Cl. The lowest BCUT2D eigenvalue weighted by Gasteiger charge is -2.20. The largest absolute Gasteiger partial charge is 0.375 e. The highest BCUT2D eigenvalue weighted by molar-refractivity contribution is 9.10. The molecule has 0 aliphatic heterocycles. The van der Waals surface area contributed by atoms with Crippen LogP contribution in [-0.2, 0) is 4.79 Å². The molecule has 0 fully saturated rings. The predicted molar refractivity (Wildman–Crippen MR) is 75.5 cm³/mol. The number of hydrogen-bond donors (Lipinski definition) is 2. The molecule has 0 atom stereocenters. The molecule has 1 aromatic rings. The summed E-state index contributed by atoms with van der Waals surface area (Å²) < 4.78 is 0.917. The minimum Gasteiger partial charge on any atom is -0.375 e. The van der Waals surface area contributed by atoms with E-state index in [2.05, 4.69) is 26.6 Å². The molecule has 0 heterocycles. The Kier molecular flexibility index (Phi) is 4.83. The molecule has 0 spiro atoms. The van der Waals surface area contributed by atoms with Crippen LogP contribution >= 0.6 is 27.5 Å². The minimum absolute atomic E-state index is 0.0615. The number of carbonyl (C=O) groups excluding carboxylic acids is 1. The maximum atomic E-state index is 11.6. The van der Waals surface area contributed by atoms with Gasteiger partial charge in [0.05, 0.1) is 17.3 Å². The summed E-state index contributed by atoms with van der Waals surface area (Å²) in [7, 11) is 0. The molecule has 0 saturated heterocycles. The third-order valence-electron chi connectivity index (χ3n) is 1.88. The van der Waals surface area contributed by atoms with Crippen molar-refractivity contribution in [1.82, 2.24) is 5.32 Å². The van der Waals surface area contributed by atoms with Crippen LogP contribution in [-0.4, -0.2) is 18.0 Å². The van der Waals surface area contributed by atoms with E-state index in [4.69, 9.17) is 11.6 Å². The summed E-state index contributed by atoms with van der Waals surface area (Å²) in [6, 6.07) is 5.46. The van der Waals surface area contributed by atoms with Crippen LogP contribution < -0.4 is 10.6 Å². The molecular formula is C12H16BrClN2O. The molecular weight excluding hydrogens is 304 g/mol. The zero-order valence-corrected chi connectivity index (χ0v) is 12.4. The van der Waals surface area contributed by atoms with E-state index < -0.39 is 0 Å². The number of rotatable bonds is 3. The molecule has 0 unspecified atom stereocenters. The number of nitrogens with one attached hydrogen (secondary N) is 2. The van der Waals surface area contributed by atoms with Crippen LogP contribution in [0.25, 0.3) is 0 Å². The van der Waals surface area contributed by atoms with E-state index in [0.717, 1.165) is 10.2 Å². The van der Waals surface area contributed by atoms with Gasteiger partial charge in [-0.3, -0.25) is 4.79 Å². The number of benzene rings is 1. The van der Waals surface area contributed by atoms with E-state index in [9.17, 15) is 4.79 Å². The molecule has 1 aromatic carbocycles. The van der Waals surface area contributed by atoms with Crippen LogP contribution in [0.15, 0.2) is 22.7 Å². The molecule has 1 rings (SSSR count). The standard InChI is InChI=1S/C12H16BrClN2O/c1-12(2,3)16-11(17)7-15-10-6-8(13)4-5-9(10)14/h4-6,15H,7H2,1-3H3,(H,16,17).